The van der Waals surface area contributed by atoms with Gasteiger partial charge in [-0.2, -0.15) is 0 Å². The van der Waals surface area contributed by atoms with E-state index >= 15 is 0 Å². The minimum atomic E-state index is -0.547. The van der Waals surface area contributed by atoms with Crippen molar-refractivity contribution in [2.75, 3.05) is 13.1 Å². The summed E-state index contributed by atoms with van der Waals surface area (Å²) in [4.78, 5) is 14.5. The van der Waals surface area contributed by atoms with Crippen LogP contribution < -0.4 is 0 Å². The lowest BCUT2D eigenvalue weighted by Gasteiger charge is -2.40. The Bertz CT molecular complexity index is 328. The van der Waals surface area contributed by atoms with E-state index in [0.717, 1.165) is 38.8 Å². The molecule has 2 aliphatic rings. The molecule has 0 aromatic rings. The third kappa shape index (κ3) is 4.45. The van der Waals surface area contributed by atoms with Gasteiger partial charge in [0.15, 0.2) is 0 Å². The Hall–Kier alpha value is -0.570. The average molecular weight is 295 g/mol. The molecule has 0 aliphatic heterocycles. The summed E-state index contributed by atoms with van der Waals surface area (Å²) in [6, 6.07) is 0.641. The highest BCUT2D eigenvalue weighted by Gasteiger charge is 2.42. The van der Waals surface area contributed by atoms with E-state index < -0.39 is 11.4 Å². The highest BCUT2D eigenvalue weighted by Crippen LogP contribution is 2.39. The number of hydrogen-bond donors (Lipinski definition) is 1. The standard InChI is InChI=1S/C18H33NO2/c1-15(2)10-13-19(16-8-4-5-9-16)14-18(17(20)21)11-6-3-7-12-18/h15-16H,3-14H2,1-2H3,(H,20,21). The van der Waals surface area contributed by atoms with Crippen LogP contribution in [0.25, 0.3) is 0 Å². The lowest BCUT2D eigenvalue weighted by Crippen LogP contribution is -2.48. The molecule has 0 aromatic heterocycles. The first-order valence-electron chi connectivity index (χ1n) is 9.01. The number of carboxylic acid groups (broad SMARTS) is 1. The average Bonchev–Trinajstić information content (AvgIpc) is 2.98. The highest BCUT2D eigenvalue weighted by molar-refractivity contribution is 5.75. The molecule has 2 saturated carbocycles. The Morgan fingerprint density at radius 3 is 2.29 bits per heavy atom. The molecule has 1 N–H and O–H groups in total. The monoisotopic (exact) mass is 295 g/mol. The van der Waals surface area contributed by atoms with E-state index in [0.29, 0.717) is 12.0 Å². The Balaban J connectivity index is 2.05. The molecule has 21 heavy (non-hydrogen) atoms. The topological polar surface area (TPSA) is 40.5 Å². The van der Waals surface area contributed by atoms with Gasteiger partial charge in [-0.25, -0.2) is 0 Å². The van der Waals surface area contributed by atoms with Gasteiger partial charge in [-0.1, -0.05) is 46.0 Å². The predicted molar refractivity (Wildman–Crippen MR) is 86.4 cm³/mol. The molecular formula is C18H33NO2. The quantitative estimate of drug-likeness (QED) is 0.760. The fourth-order valence-corrected chi connectivity index (χ4v) is 4.14. The number of carboxylic acids is 1. The molecule has 3 heteroatoms. The number of carbonyl (C=O) groups is 1. The van der Waals surface area contributed by atoms with Crippen LogP contribution in [0.4, 0.5) is 0 Å². The van der Waals surface area contributed by atoms with E-state index in [4.69, 9.17) is 0 Å². The van der Waals surface area contributed by atoms with Gasteiger partial charge < -0.3 is 5.11 Å². The van der Waals surface area contributed by atoms with Crippen molar-refractivity contribution in [2.24, 2.45) is 11.3 Å². The SMILES string of the molecule is CC(C)CCN(CC1(C(=O)O)CCCCC1)C1CCCC1. The summed E-state index contributed by atoms with van der Waals surface area (Å²) in [5.41, 5.74) is -0.460. The summed E-state index contributed by atoms with van der Waals surface area (Å²) in [5.74, 6) is 0.149. The van der Waals surface area contributed by atoms with E-state index in [2.05, 4.69) is 18.7 Å². The van der Waals surface area contributed by atoms with Crippen molar-refractivity contribution in [1.82, 2.24) is 4.90 Å². The van der Waals surface area contributed by atoms with Crippen LogP contribution in [0.15, 0.2) is 0 Å². The van der Waals surface area contributed by atoms with E-state index in [-0.39, 0.29) is 0 Å². The van der Waals surface area contributed by atoms with Crippen molar-refractivity contribution >= 4 is 5.97 Å². The Morgan fingerprint density at radius 1 is 1.14 bits per heavy atom. The lowest BCUT2D eigenvalue weighted by molar-refractivity contribution is -0.153. The van der Waals surface area contributed by atoms with Gasteiger partial charge in [0.05, 0.1) is 5.41 Å². The van der Waals surface area contributed by atoms with Gasteiger partial charge in [-0.15, -0.1) is 0 Å². The fourth-order valence-electron chi connectivity index (χ4n) is 4.14. The Morgan fingerprint density at radius 2 is 1.76 bits per heavy atom. The van der Waals surface area contributed by atoms with Gasteiger partial charge in [0.1, 0.15) is 0 Å². The van der Waals surface area contributed by atoms with Crippen molar-refractivity contribution in [2.45, 2.75) is 84.1 Å². The lowest BCUT2D eigenvalue weighted by atomic mass is 9.73. The van der Waals surface area contributed by atoms with E-state index in [9.17, 15) is 9.90 Å². The maximum Gasteiger partial charge on any atom is 0.310 e. The van der Waals surface area contributed by atoms with Crippen molar-refractivity contribution in [3.05, 3.63) is 0 Å². The molecule has 3 nitrogen and oxygen atoms in total. The second-order valence-electron chi connectivity index (χ2n) is 7.74. The molecule has 0 amide bonds. The maximum absolute atomic E-state index is 11.9. The third-order valence-electron chi connectivity index (χ3n) is 5.60. The molecule has 0 unspecified atom stereocenters. The van der Waals surface area contributed by atoms with Crippen LogP contribution in [0.1, 0.15) is 78.1 Å². The zero-order chi connectivity index (χ0) is 15.3. The van der Waals surface area contributed by atoms with Gasteiger partial charge in [0, 0.05) is 12.6 Å². The number of aliphatic carboxylic acids is 1. The van der Waals surface area contributed by atoms with Gasteiger partial charge in [0.2, 0.25) is 0 Å². The molecule has 2 rings (SSSR count). The van der Waals surface area contributed by atoms with Gasteiger partial charge in [-0.05, 0) is 44.6 Å². The van der Waals surface area contributed by atoms with Gasteiger partial charge in [-0.3, -0.25) is 9.69 Å². The molecule has 0 aromatic carbocycles. The van der Waals surface area contributed by atoms with E-state index in [1.54, 1.807) is 0 Å². The molecule has 0 heterocycles. The first-order valence-corrected chi connectivity index (χ1v) is 9.01. The molecule has 0 atom stereocenters. The third-order valence-corrected chi connectivity index (χ3v) is 5.60. The summed E-state index contributed by atoms with van der Waals surface area (Å²) in [6.45, 7) is 6.40. The molecule has 2 aliphatic carbocycles. The van der Waals surface area contributed by atoms with Crippen molar-refractivity contribution in [3.63, 3.8) is 0 Å². The van der Waals surface area contributed by atoms with Crippen LogP contribution in [0.2, 0.25) is 0 Å². The first-order chi connectivity index (χ1) is 10.0. The van der Waals surface area contributed by atoms with Crippen molar-refractivity contribution < 1.29 is 9.90 Å². The molecular weight excluding hydrogens is 262 g/mol. The molecule has 0 spiro atoms. The normalized spacial score (nSPS) is 23.0. The smallest absolute Gasteiger partial charge is 0.310 e. The largest absolute Gasteiger partial charge is 0.481 e. The summed E-state index contributed by atoms with van der Waals surface area (Å²) in [6.07, 6.45) is 11.5. The van der Waals surface area contributed by atoms with Crippen LogP contribution in [-0.2, 0) is 4.79 Å². The van der Waals surface area contributed by atoms with Crippen LogP contribution >= 0.6 is 0 Å². The Kier molecular flexibility index (Phi) is 6.09. The Labute approximate surface area is 130 Å². The molecule has 2 fully saturated rings. The van der Waals surface area contributed by atoms with Crippen LogP contribution in [0.5, 0.6) is 0 Å². The van der Waals surface area contributed by atoms with E-state index in [1.165, 1.54) is 38.5 Å². The summed E-state index contributed by atoms with van der Waals surface area (Å²) < 4.78 is 0. The minimum Gasteiger partial charge on any atom is -0.481 e. The second kappa shape index (κ2) is 7.62. The maximum atomic E-state index is 11.9. The number of rotatable bonds is 7. The van der Waals surface area contributed by atoms with Gasteiger partial charge in [0.25, 0.3) is 0 Å². The molecule has 122 valence electrons. The van der Waals surface area contributed by atoms with Gasteiger partial charge >= 0.3 is 5.97 Å². The highest BCUT2D eigenvalue weighted by atomic mass is 16.4. The zero-order valence-electron chi connectivity index (χ0n) is 13.9. The molecule has 0 bridgehead atoms. The first kappa shape index (κ1) is 16.8. The summed E-state index contributed by atoms with van der Waals surface area (Å²) >= 11 is 0. The molecule has 0 saturated heterocycles. The zero-order valence-corrected chi connectivity index (χ0v) is 13.9. The van der Waals surface area contributed by atoms with Crippen LogP contribution in [0, 0.1) is 11.3 Å². The second-order valence-corrected chi connectivity index (χ2v) is 7.74. The van der Waals surface area contributed by atoms with Crippen molar-refractivity contribution in [3.8, 4) is 0 Å². The number of hydrogen-bond acceptors (Lipinski definition) is 2. The van der Waals surface area contributed by atoms with Crippen LogP contribution in [-0.4, -0.2) is 35.1 Å². The minimum absolute atomic E-state index is 0.460. The summed E-state index contributed by atoms with van der Waals surface area (Å²) in [7, 11) is 0. The summed E-state index contributed by atoms with van der Waals surface area (Å²) in [5, 5.41) is 9.83. The predicted octanol–water partition coefficient (Wildman–Crippen LogP) is 4.31. The van der Waals surface area contributed by atoms with Crippen molar-refractivity contribution in [1.29, 1.82) is 0 Å². The molecule has 0 radical (unpaired) electrons. The van der Waals surface area contributed by atoms with E-state index in [1.807, 2.05) is 0 Å². The fraction of sp³-hybridized carbons (Fsp3) is 0.944. The van der Waals surface area contributed by atoms with Crippen LogP contribution in [0.3, 0.4) is 0 Å². The number of nitrogens with zero attached hydrogens (tertiary/aromatic N) is 1.